The summed E-state index contributed by atoms with van der Waals surface area (Å²) in [5.74, 6) is 0.994. The maximum atomic E-state index is 11.3. The Hall–Kier alpha value is -1.89. The molecule has 0 bridgehead atoms. The van der Waals surface area contributed by atoms with Crippen LogP contribution in [0.5, 0.6) is 5.88 Å². The highest BCUT2D eigenvalue weighted by molar-refractivity contribution is 7.84. The Morgan fingerprint density at radius 1 is 1.42 bits per heavy atom. The number of hydrogen-bond acceptors (Lipinski definition) is 5. The van der Waals surface area contributed by atoms with Crippen LogP contribution in [0.15, 0.2) is 23.6 Å². The fourth-order valence-electron chi connectivity index (χ4n) is 2.60. The molecule has 0 saturated carbocycles. The Balaban J connectivity index is 2.52. The van der Waals surface area contributed by atoms with E-state index in [9.17, 15) is 4.21 Å². The molecule has 7 nitrogen and oxygen atoms in total. The average Bonchev–Trinajstić information content (AvgIpc) is 2.60. The number of azide groups is 1. The van der Waals surface area contributed by atoms with Crippen LogP contribution in [-0.2, 0) is 16.3 Å². The minimum absolute atomic E-state index is 0.147. The minimum Gasteiger partial charge on any atom is -0.474 e. The maximum Gasteiger partial charge on any atom is 0.223 e. The fourth-order valence-corrected chi connectivity index (χ4v) is 3.43. The van der Waals surface area contributed by atoms with Crippen molar-refractivity contribution in [3.8, 4) is 5.88 Å². The molecule has 0 aliphatic heterocycles. The summed E-state index contributed by atoms with van der Waals surface area (Å²) >= 11 is 6.09. The molecule has 0 N–H and O–H groups in total. The predicted molar refractivity (Wildman–Crippen MR) is 105 cm³/mol. The van der Waals surface area contributed by atoms with Crippen molar-refractivity contribution in [2.75, 3.05) is 12.0 Å². The van der Waals surface area contributed by atoms with Crippen molar-refractivity contribution in [3.63, 3.8) is 0 Å². The first-order valence-corrected chi connectivity index (χ1v) is 10.4. The van der Waals surface area contributed by atoms with Gasteiger partial charge in [-0.2, -0.15) is 0 Å². The van der Waals surface area contributed by atoms with Crippen molar-refractivity contribution >= 4 is 33.2 Å². The van der Waals surface area contributed by atoms with Crippen LogP contribution in [0.4, 0.5) is 0 Å². The van der Waals surface area contributed by atoms with Crippen LogP contribution in [0.2, 0.25) is 5.15 Å². The van der Waals surface area contributed by atoms with Crippen LogP contribution in [-0.4, -0.2) is 32.3 Å². The Bertz CT molecular complexity index is 872. The Morgan fingerprint density at radius 3 is 2.77 bits per heavy atom. The largest absolute Gasteiger partial charge is 0.474 e. The van der Waals surface area contributed by atoms with Crippen LogP contribution in [0.25, 0.3) is 21.2 Å². The van der Waals surface area contributed by atoms with Gasteiger partial charge < -0.3 is 4.74 Å². The summed E-state index contributed by atoms with van der Waals surface area (Å²) in [6.45, 7) is 5.71. The average molecular weight is 396 g/mol. The first-order chi connectivity index (χ1) is 12.3. The molecule has 0 aliphatic carbocycles. The van der Waals surface area contributed by atoms with E-state index in [0.29, 0.717) is 35.0 Å². The quantitative estimate of drug-likeness (QED) is 0.278. The molecule has 0 radical (unpaired) electrons. The van der Waals surface area contributed by atoms with Crippen LogP contribution in [0, 0.1) is 0 Å². The van der Waals surface area contributed by atoms with E-state index in [-0.39, 0.29) is 6.10 Å². The van der Waals surface area contributed by atoms with Crippen LogP contribution < -0.4 is 4.74 Å². The second kappa shape index (κ2) is 8.66. The van der Waals surface area contributed by atoms with Crippen molar-refractivity contribution < 1.29 is 8.95 Å². The lowest BCUT2D eigenvalue weighted by atomic mass is 9.88. The lowest BCUT2D eigenvalue weighted by Gasteiger charge is -2.25. The van der Waals surface area contributed by atoms with Crippen molar-refractivity contribution in [1.82, 2.24) is 9.97 Å². The third-order valence-corrected chi connectivity index (χ3v) is 5.38. The lowest BCUT2D eigenvalue weighted by Crippen LogP contribution is -2.19. The van der Waals surface area contributed by atoms with E-state index in [1.165, 1.54) is 0 Å². The van der Waals surface area contributed by atoms with E-state index in [4.69, 9.17) is 21.9 Å². The Labute approximate surface area is 160 Å². The highest BCUT2D eigenvalue weighted by Crippen LogP contribution is 2.37. The summed E-state index contributed by atoms with van der Waals surface area (Å²) in [4.78, 5) is 11.6. The van der Waals surface area contributed by atoms with Gasteiger partial charge in [0.2, 0.25) is 5.88 Å². The van der Waals surface area contributed by atoms with Crippen molar-refractivity contribution in [2.45, 2.75) is 45.3 Å². The molecule has 2 aromatic heterocycles. The van der Waals surface area contributed by atoms with E-state index in [1.807, 2.05) is 20.8 Å². The zero-order valence-corrected chi connectivity index (χ0v) is 16.8. The van der Waals surface area contributed by atoms with Crippen LogP contribution >= 0.6 is 11.6 Å². The lowest BCUT2D eigenvalue weighted by molar-refractivity contribution is 0.212. The summed E-state index contributed by atoms with van der Waals surface area (Å²) in [5.41, 5.74) is 8.96. The maximum absolute atomic E-state index is 11.3. The van der Waals surface area contributed by atoms with Gasteiger partial charge in [-0.1, -0.05) is 23.6 Å². The highest BCUT2D eigenvalue weighted by atomic mass is 35.5. The van der Waals surface area contributed by atoms with Gasteiger partial charge in [-0.15, -0.1) is 0 Å². The number of nitrogens with zero attached hydrogens (tertiary/aromatic N) is 5. The van der Waals surface area contributed by atoms with Crippen molar-refractivity contribution in [3.05, 3.63) is 39.6 Å². The van der Waals surface area contributed by atoms with Gasteiger partial charge in [-0.3, -0.25) is 4.21 Å². The zero-order chi connectivity index (χ0) is 19.3. The molecule has 2 rings (SSSR count). The molecule has 0 spiro atoms. The molecule has 0 fully saturated rings. The second-order valence-electron chi connectivity index (χ2n) is 6.34. The van der Waals surface area contributed by atoms with Gasteiger partial charge in [0.15, 0.2) is 0 Å². The molecule has 0 amide bonds. The molecular formula is C17H22ClN5O2S. The van der Waals surface area contributed by atoms with Crippen LogP contribution in [0.1, 0.15) is 39.2 Å². The molecule has 140 valence electrons. The smallest absolute Gasteiger partial charge is 0.223 e. The Kier molecular flexibility index (Phi) is 6.81. The van der Waals surface area contributed by atoms with Gasteiger partial charge in [0.1, 0.15) is 5.15 Å². The topological polar surface area (TPSA) is 101 Å². The standard InChI is InChI=1S/C17H22ClN5O2S/c1-5-17(3,22-23-19)14-10-21-16(25-11(2)6-7-26(4)24)13-9-20-15(18)8-12(13)14/h8-11H,5-7H2,1-4H3/t11-,17-,26?/m1/s1. The van der Waals surface area contributed by atoms with Gasteiger partial charge in [-0.05, 0) is 49.2 Å². The number of fused-ring (bicyclic) bond motifs is 1. The number of halogens is 1. The third-order valence-electron chi connectivity index (χ3n) is 4.36. The van der Waals surface area contributed by atoms with Crippen molar-refractivity contribution in [2.24, 2.45) is 5.11 Å². The number of aromatic nitrogens is 2. The molecule has 0 saturated heterocycles. The molecular weight excluding hydrogens is 374 g/mol. The van der Waals surface area contributed by atoms with Gasteiger partial charge in [0.25, 0.3) is 0 Å². The summed E-state index contributed by atoms with van der Waals surface area (Å²) < 4.78 is 17.2. The highest BCUT2D eigenvalue weighted by Gasteiger charge is 2.27. The predicted octanol–water partition coefficient (Wildman–Crippen LogP) is 4.75. The van der Waals surface area contributed by atoms with E-state index in [2.05, 4.69) is 20.0 Å². The van der Waals surface area contributed by atoms with E-state index in [1.54, 1.807) is 24.7 Å². The minimum atomic E-state index is -0.870. The summed E-state index contributed by atoms with van der Waals surface area (Å²) in [5, 5.41) is 5.79. The number of pyridine rings is 2. The van der Waals surface area contributed by atoms with E-state index in [0.717, 1.165) is 10.9 Å². The van der Waals surface area contributed by atoms with E-state index >= 15 is 0 Å². The zero-order valence-electron chi connectivity index (χ0n) is 15.3. The van der Waals surface area contributed by atoms with Gasteiger partial charge in [0.05, 0.1) is 17.0 Å². The van der Waals surface area contributed by atoms with Gasteiger partial charge >= 0.3 is 0 Å². The SMILES string of the molecule is CC[C@@](C)(N=[N+]=[N-])c1cnc(O[C@H](C)CCS(C)=O)c2cnc(Cl)cc12. The molecule has 1 unspecified atom stereocenters. The number of hydrogen-bond donors (Lipinski definition) is 0. The fraction of sp³-hybridized carbons (Fsp3) is 0.529. The second-order valence-corrected chi connectivity index (χ2v) is 8.28. The third kappa shape index (κ3) is 4.63. The van der Waals surface area contributed by atoms with Crippen LogP contribution in [0.3, 0.4) is 0 Å². The molecule has 26 heavy (non-hydrogen) atoms. The monoisotopic (exact) mass is 395 g/mol. The molecule has 0 aliphatic rings. The number of ether oxygens (including phenoxy) is 1. The van der Waals surface area contributed by atoms with Gasteiger partial charge in [-0.25, -0.2) is 9.97 Å². The number of rotatable bonds is 8. The molecule has 9 heteroatoms. The summed E-state index contributed by atoms with van der Waals surface area (Å²) in [7, 11) is -0.870. The normalized spacial score (nSPS) is 15.7. The summed E-state index contributed by atoms with van der Waals surface area (Å²) in [6, 6.07) is 1.73. The van der Waals surface area contributed by atoms with E-state index < -0.39 is 16.3 Å². The first kappa shape index (κ1) is 20.4. The Morgan fingerprint density at radius 2 is 2.15 bits per heavy atom. The van der Waals surface area contributed by atoms with Gasteiger partial charge in [0, 0.05) is 40.1 Å². The molecule has 3 atom stereocenters. The molecule has 2 heterocycles. The first-order valence-electron chi connectivity index (χ1n) is 8.28. The van der Waals surface area contributed by atoms with Crippen molar-refractivity contribution in [1.29, 1.82) is 0 Å². The summed E-state index contributed by atoms with van der Waals surface area (Å²) in [6.07, 6.45) is 6.05. The molecule has 2 aromatic rings. The molecule has 0 aromatic carbocycles.